The van der Waals surface area contributed by atoms with Crippen LogP contribution in [0.25, 0.3) is 11.2 Å². The first-order valence-corrected chi connectivity index (χ1v) is 5.01. The molecule has 2 aromatic heterocycles. The van der Waals surface area contributed by atoms with Crippen LogP contribution >= 0.6 is 0 Å². The normalized spacial score (nSPS) is 10.2. The van der Waals surface area contributed by atoms with E-state index in [2.05, 4.69) is 20.3 Å². The lowest BCUT2D eigenvalue weighted by Crippen LogP contribution is -2.04. The van der Waals surface area contributed by atoms with Crippen LogP contribution in [-0.2, 0) is 0 Å². The average Bonchev–Trinajstić information content (AvgIpc) is 2.66. The standard InChI is InChI=1S/C7H10N6.C2H6/c1-4(2)13-7-5(11-12-13)6(8)9-3-10-7;1-2/h3-4H,1-2H3,(H2,8,9,10);1-2H3. The van der Waals surface area contributed by atoms with E-state index < -0.39 is 0 Å². The predicted molar refractivity (Wildman–Crippen MR) is 59.3 cm³/mol. The molecule has 0 aliphatic carbocycles. The van der Waals surface area contributed by atoms with E-state index in [9.17, 15) is 0 Å². The van der Waals surface area contributed by atoms with Crippen LogP contribution in [0.2, 0.25) is 0 Å². The lowest BCUT2D eigenvalue weighted by atomic mass is 10.4. The van der Waals surface area contributed by atoms with Gasteiger partial charge < -0.3 is 5.73 Å². The molecule has 2 aromatic rings. The van der Waals surface area contributed by atoms with Crippen LogP contribution in [0.1, 0.15) is 33.7 Å². The smallest absolute Gasteiger partial charge is 0.184 e. The molecule has 2 rings (SSSR count). The fourth-order valence-corrected chi connectivity index (χ4v) is 1.13. The van der Waals surface area contributed by atoms with E-state index in [1.165, 1.54) is 6.33 Å². The van der Waals surface area contributed by atoms with Gasteiger partial charge >= 0.3 is 0 Å². The van der Waals surface area contributed by atoms with E-state index in [4.69, 9.17) is 5.73 Å². The Kier molecular flexibility index (Phi) is 3.54. The molecule has 2 heterocycles. The maximum Gasteiger partial charge on any atom is 0.184 e. The SMILES string of the molecule is CC.CC(C)n1nnc2c(N)ncnc21. The number of fused-ring (bicyclic) bond motifs is 1. The molecular weight excluding hydrogens is 192 g/mol. The Morgan fingerprint density at radius 2 is 1.93 bits per heavy atom. The molecule has 0 radical (unpaired) electrons. The summed E-state index contributed by atoms with van der Waals surface area (Å²) < 4.78 is 1.72. The Bertz CT molecular complexity index is 433. The van der Waals surface area contributed by atoms with E-state index in [1.807, 2.05) is 27.7 Å². The van der Waals surface area contributed by atoms with Crippen molar-refractivity contribution in [2.45, 2.75) is 33.7 Å². The fraction of sp³-hybridized carbons (Fsp3) is 0.556. The van der Waals surface area contributed by atoms with Gasteiger partial charge in [0.2, 0.25) is 0 Å². The molecule has 0 aliphatic rings. The minimum atomic E-state index is 0.222. The third kappa shape index (κ3) is 2.03. The zero-order valence-corrected chi connectivity index (χ0v) is 9.47. The molecule has 0 fully saturated rings. The third-order valence-corrected chi connectivity index (χ3v) is 1.78. The van der Waals surface area contributed by atoms with Gasteiger partial charge in [-0.05, 0) is 13.8 Å². The molecular formula is C9H16N6. The first-order valence-electron chi connectivity index (χ1n) is 5.01. The minimum Gasteiger partial charge on any atom is -0.382 e. The van der Waals surface area contributed by atoms with Gasteiger partial charge in [-0.2, -0.15) is 0 Å². The summed E-state index contributed by atoms with van der Waals surface area (Å²) in [5.74, 6) is 0.372. The molecule has 0 unspecified atom stereocenters. The maximum atomic E-state index is 5.60. The molecule has 15 heavy (non-hydrogen) atoms. The molecule has 0 aromatic carbocycles. The van der Waals surface area contributed by atoms with E-state index in [-0.39, 0.29) is 6.04 Å². The van der Waals surface area contributed by atoms with Crippen LogP contribution in [0.4, 0.5) is 5.82 Å². The molecule has 82 valence electrons. The van der Waals surface area contributed by atoms with Crippen LogP contribution in [0, 0.1) is 0 Å². The van der Waals surface area contributed by atoms with E-state index in [1.54, 1.807) is 4.68 Å². The highest BCUT2D eigenvalue weighted by atomic mass is 15.5. The van der Waals surface area contributed by atoms with Crippen LogP contribution in [0.3, 0.4) is 0 Å². The van der Waals surface area contributed by atoms with Gasteiger partial charge in [-0.3, -0.25) is 0 Å². The monoisotopic (exact) mass is 208 g/mol. The molecule has 0 saturated carbocycles. The highest BCUT2D eigenvalue weighted by Gasteiger charge is 2.10. The zero-order valence-electron chi connectivity index (χ0n) is 9.47. The van der Waals surface area contributed by atoms with Gasteiger partial charge in [0.1, 0.15) is 6.33 Å². The van der Waals surface area contributed by atoms with Crippen LogP contribution < -0.4 is 5.73 Å². The quantitative estimate of drug-likeness (QED) is 0.766. The predicted octanol–water partition coefficient (Wildman–Crippen LogP) is 1.41. The highest BCUT2D eigenvalue weighted by Crippen LogP contribution is 2.15. The number of nitrogens with two attached hydrogens (primary N) is 1. The Morgan fingerprint density at radius 1 is 1.27 bits per heavy atom. The van der Waals surface area contributed by atoms with Crippen molar-refractivity contribution in [3.63, 3.8) is 0 Å². The lowest BCUT2D eigenvalue weighted by Gasteiger charge is -2.03. The molecule has 6 nitrogen and oxygen atoms in total. The molecule has 0 saturated heterocycles. The number of aromatic nitrogens is 5. The van der Waals surface area contributed by atoms with Crippen molar-refractivity contribution in [1.82, 2.24) is 25.0 Å². The summed E-state index contributed by atoms with van der Waals surface area (Å²) in [5.41, 5.74) is 6.85. The number of rotatable bonds is 1. The van der Waals surface area contributed by atoms with Crippen LogP contribution in [0.5, 0.6) is 0 Å². The van der Waals surface area contributed by atoms with Gasteiger partial charge in [0, 0.05) is 0 Å². The Labute approximate surface area is 88.5 Å². The Balaban J connectivity index is 0.000000531. The molecule has 0 amide bonds. The molecule has 6 heteroatoms. The molecule has 0 bridgehead atoms. The van der Waals surface area contributed by atoms with E-state index in [0.29, 0.717) is 17.0 Å². The maximum absolute atomic E-state index is 5.60. The van der Waals surface area contributed by atoms with Crippen LogP contribution in [-0.4, -0.2) is 25.0 Å². The van der Waals surface area contributed by atoms with Crippen molar-refractivity contribution in [2.75, 3.05) is 5.73 Å². The number of nitrogens with zero attached hydrogens (tertiary/aromatic N) is 5. The minimum absolute atomic E-state index is 0.222. The highest BCUT2D eigenvalue weighted by molar-refractivity contribution is 5.80. The molecule has 0 aliphatic heterocycles. The lowest BCUT2D eigenvalue weighted by molar-refractivity contribution is 0.526. The van der Waals surface area contributed by atoms with Crippen molar-refractivity contribution in [3.05, 3.63) is 6.33 Å². The van der Waals surface area contributed by atoms with Crippen molar-refractivity contribution in [3.8, 4) is 0 Å². The van der Waals surface area contributed by atoms with Gasteiger partial charge in [0.25, 0.3) is 0 Å². The Morgan fingerprint density at radius 3 is 2.53 bits per heavy atom. The van der Waals surface area contributed by atoms with Gasteiger partial charge in [-0.25, -0.2) is 14.6 Å². The largest absolute Gasteiger partial charge is 0.382 e. The van der Waals surface area contributed by atoms with Gasteiger partial charge in [-0.1, -0.05) is 19.1 Å². The second-order valence-corrected chi connectivity index (χ2v) is 3.06. The number of nitrogen functional groups attached to an aromatic ring is 1. The Hall–Kier alpha value is -1.72. The topological polar surface area (TPSA) is 82.5 Å². The van der Waals surface area contributed by atoms with Gasteiger partial charge in [0.15, 0.2) is 17.0 Å². The third-order valence-electron chi connectivity index (χ3n) is 1.78. The van der Waals surface area contributed by atoms with Crippen molar-refractivity contribution < 1.29 is 0 Å². The van der Waals surface area contributed by atoms with Crippen molar-refractivity contribution in [2.24, 2.45) is 0 Å². The molecule has 0 atom stereocenters. The average molecular weight is 208 g/mol. The first kappa shape index (κ1) is 11.4. The van der Waals surface area contributed by atoms with E-state index in [0.717, 1.165) is 0 Å². The van der Waals surface area contributed by atoms with Crippen molar-refractivity contribution >= 4 is 17.0 Å². The summed E-state index contributed by atoms with van der Waals surface area (Å²) >= 11 is 0. The zero-order chi connectivity index (χ0) is 11.4. The summed E-state index contributed by atoms with van der Waals surface area (Å²) in [5, 5.41) is 7.84. The van der Waals surface area contributed by atoms with E-state index >= 15 is 0 Å². The number of hydrogen-bond donors (Lipinski definition) is 1. The fourth-order valence-electron chi connectivity index (χ4n) is 1.13. The summed E-state index contributed by atoms with van der Waals surface area (Å²) in [7, 11) is 0. The summed E-state index contributed by atoms with van der Waals surface area (Å²) in [6.07, 6.45) is 1.42. The summed E-state index contributed by atoms with van der Waals surface area (Å²) in [6.45, 7) is 8.01. The summed E-state index contributed by atoms with van der Waals surface area (Å²) in [6, 6.07) is 0.222. The van der Waals surface area contributed by atoms with Crippen LogP contribution in [0.15, 0.2) is 6.33 Å². The second-order valence-electron chi connectivity index (χ2n) is 3.06. The number of hydrogen-bond acceptors (Lipinski definition) is 5. The van der Waals surface area contributed by atoms with Gasteiger partial charge in [0.05, 0.1) is 6.04 Å². The number of anilines is 1. The van der Waals surface area contributed by atoms with Gasteiger partial charge in [-0.15, -0.1) is 5.10 Å². The van der Waals surface area contributed by atoms with Crippen molar-refractivity contribution in [1.29, 1.82) is 0 Å². The molecule has 2 N–H and O–H groups in total. The summed E-state index contributed by atoms with van der Waals surface area (Å²) in [4.78, 5) is 7.90. The second kappa shape index (κ2) is 4.68. The molecule has 0 spiro atoms. The first-order chi connectivity index (χ1) is 7.20.